The van der Waals surface area contributed by atoms with E-state index in [-0.39, 0.29) is 46.7 Å². The first-order valence-corrected chi connectivity index (χ1v) is 18.3. The summed E-state index contributed by atoms with van der Waals surface area (Å²) in [5.41, 5.74) is 10.8. The molecule has 0 saturated heterocycles. The number of phenolic OH excluding ortho intramolecular Hbond substituents is 4. The molecule has 0 radical (unpaired) electrons. The van der Waals surface area contributed by atoms with Crippen molar-refractivity contribution < 1.29 is 20.4 Å². The van der Waals surface area contributed by atoms with Crippen molar-refractivity contribution in [3.05, 3.63) is 115 Å². The molecule has 4 N–H and O–H groups in total. The molecule has 0 aliphatic heterocycles. The highest BCUT2D eigenvalue weighted by Crippen LogP contribution is 2.42. The molecule has 0 saturated carbocycles. The van der Waals surface area contributed by atoms with E-state index >= 15 is 0 Å². The Morgan fingerprint density at radius 2 is 0.500 bits per heavy atom. The van der Waals surface area contributed by atoms with E-state index in [1.165, 1.54) is 0 Å². The molecule has 4 aromatic carbocycles. The highest BCUT2D eigenvalue weighted by atomic mass is 16.3. The summed E-state index contributed by atoms with van der Waals surface area (Å²) in [5, 5.41) is 47.5. The van der Waals surface area contributed by atoms with Crippen LogP contribution in [0.3, 0.4) is 0 Å². The van der Waals surface area contributed by atoms with E-state index in [1.54, 1.807) is 0 Å². The number of fused-ring (bicyclic) bond motifs is 8. The van der Waals surface area contributed by atoms with Crippen LogP contribution in [0.15, 0.2) is 48.5 Å². The Kier molecular flexibility index (Phi) is 10.8. The fraction of sp³-hybridized carbons (Fsp3) is 0.455. The topological polar surface area (TPSA) is 80.9 Å². The second-order valence-corrected chi connectivity index (χ2v) is 14.7. The Morgan fingerprint density at radius 3 is 0.625 bits per heavy atom. The summed E-state index contributed by atoms with van der Waals surface area (Å²) in [6.07, 6.45) is 5.34. The molecule has 5 rings (SSSR count). The van der Waals surface area contributed by atoms with Crippen LogP contribution in [-0.2, 0) is 25.7 Å². The average Bonchev–Trinajstić information content (AvgIpc) is 3.08. The van der Waals surface area contributed by atoms with Gasteiger partial charge in [-0.25, -0.2) is 0 Å². The zero-order valence-corrected chi connectivity index (χ0v) is 30.4. The molecular weight excluding hydrogens is 592 g/mol. The van der Waals surface area contributed by atoms with Gasteiger partial charge >= 0.3 is 0 Å². The second kappa shape index (κ2) is 14.7. The van der Waals surface area contributed by atoms with E-state index in [4.69, 9.17) is 0 Å². The first kappa shape index (κ1) is 35.4. The molecule has 256 valence electrons. The second-order valence-electron chi connectivity index (χ2n) is 14.7. The molecule has 4 heteroatoms. The van der Waals surface area contributed by atoms with Crippen LogP contribution in [0.4, 0.5) is 0 Å². The SMILES string of the molecule is CCC(C)c1cc2c(O)c(c1)Cc1cc(C(C)CC)cc(c1O)Cc1cc(C(C)CC)cc(c1O)Cc1cc(C(C)CC)cc(c1O)C2. The van der Waals surface area contributed by atoms with E-state index in [0.717, 1.165) is 92.4 Å². The van der Waals surface area contributed by atoms with Gasteiger partial charge < -0.3 is 20.4 Å². The number of rotatable bonds is 8. The minimum Gasteiger partial charge on any atom is -0.507 e. The molecule has 4 unspecified atom stereocenters. The van der Waals surface area contributed by atoms with Gasteiger partial charge in [-0.15, -0.1) is 0 Å². The van der Waals surface area contributed by atoms with Gasteiger partial charge in [0.2, 0.25) is 0 Å². The van der Waals surface area contributed by atoms with Crippen molar-refractivity contribution in [1.29, 1.82) is 0 Å². The predicted molar refractivity (Wildman–Crippen MR) is 198 cm³/mol. The first-order chi connectivity index (χ1) is 22.9. The largest absolute Gasteiger partial charge is 0.507 e. The third-order valence-electron chi connectivity index (χ3n) is 11.4. The molecule has 0 fully saturated rings. The average molecular weight is 649 g/mol. The molecule has 0 heterocycles. The molecule has 0 spiro atoms. The molecule has 48 heavy (non-hydrogen) atoms. The number of benzene rings is 4. The highest BCUT2D eigenvalue weighted by Gasteiger charge is 2.24. The van der Waals surface area contributed by atoms with Crippen LogP contribution in [0.5, 0.6) is 23.0 Å². The number of hydrogen-bond acceptors (Lipinski definition) is 4. The van der Waals surface area contributed by atoms with E-state index in [0.29, 0.717) is 25.7 Å². The number of aromatic hydroxyl groups is 4. The Balaban J connectivity index is 1.84. The van der Waals surface area contributed by atoms with Crippen molar-refractivity contribution in [2.45, 2.75) is 130 Å². The monoisotopic (exact) mass is 648 g/mol. The Labute approximate surface area is 288 Å². The summed E-state index contributed by atoms with van der Waals surface area (Å²) < 4.78 is 0. The summed E-state index contributed by atoms with van der Waals surface area (Å²) in [4.78, 5) is 0. The summed E-state index contributed by atoms with van der Waals surface area (Å²) in [5.74, 6) is 2.03. The molecule has 4 nitrogen and oxygen atoms in total. The third kappa shape index (κ3) is 7.09. The Bertz CT molecular complexity index is 1430. The first-order valence-electron chi connectivity index (χ1n) is 18.3. The summed E-state index contributed by atoms with van der Waals surface area (Å²) >= 11 is 0. The van der Waals surface area contributed by atoms with E-state index in [1.807, 2.05) is 0 Å². The van der Waals surface area contributed by atoms with Gasteiger partial charge in [0.25, 0.3) is 0 Å². The molecule has 1 aliphatic carbocycles. The van der Waals surface area contributed by atoms with Crippen molar-refractivity contribution in [2.24, 2.45) is 0 Å². The highest BCUT2D eigenvalue weighted by molar-refractivity contribution is 5.58. The van der Waals surface area contributed by atoms with Gasteiger partial charge in [0.05, 0.1) is 0 Å². The van der Waals surface area contributed by atoms with Gasteiger partial charge in [-0.1, -0.05) is 104 Å². The van der Waals surface area contributed by atoms with Crippen molar-refractivity contribution in [1.82, 2.24) is 0 Å². The predicted octanol–water partition coefficient (Wildman–Crippen LogP) is 11.2. The lowest BCUT2D eigenvalue weighted by molar-refractivity contribution is 0.449. The molecule has 0 amide bonds. The zero-order chi connectivity index (χ0) is 34.9. The summed E-state index contributed by atoms with van der Waals surface area (Å²) in [7, 11) is 0. The van der Waals surface area contributed by atoms with Crippen molar-refractivity contribution in [3.8, 4) is 23.0 Å². The van der Waals surface area contributed by atoms with Gasteiger partial charge in [0.1, 0.15) is 23.0 Å². The minimum absolute atomic E-state index is 0.222. The van der Waals surface area contributed by atoms with Crippen molar-refractivity contribution >= 4 is 0 Å². The molecular formula is C44H56O4. The normalized spacial score (nSPS) is 15.5. The fourth-order valence-corrected chi connectivity index (χ4v) is 7.13. The zero-order valence-electron chi connectivity index (χ0n) is 30.4. The molecule has 4 aromatic rings. The van der Waals surface area contributed by atoms with Crippen LogP contribution in [0.1, 0.15) is 172 Å². The van der Waals surface area contributed by atoms with Crippen molar-refractivity contribution in [2.75, 3.05) is 0 Å². The Hall–Kier alpha value is -3.92. The van der Waals surface area contributed by atoms with Crippen LogP contribution in [0.2, 0.25) is 0 Å². The maximum atomic E-state index is 11.9. The molecule has 0 aromatic heterocycles. The lowest BCUT2D eigenvalue weighted by Gasteiger charge is -2.22. The fourth-order valence-electron chi connectivity index (χ4n) is 7.13. The van der Waals surface area contributed by atoms with Gasteiger partial charge in [-0.2, -0.15) is 0 Å². The van der Waals surface area contributed by atoms with Gasteiger partial charge in [0, 0.05) is 25.7 Å². The van der Waals surface area contributed by atoms with Gasteiger partial charge in [-0.05, 0) is 116 Å². The molecule has 4 atom stereocenters. The third-order valence-corrected chi connectivity index (χ3v) is 11.4. The Morgan fingerprint density at radius 1 is 0.354 bits per heavy atom. The molecule has 8 bridgehead atoms. The lowest BCUT2D eigenvalue weighted by atomic mass is 9.84. The van der Waals surface area contributed by atoms with Crippen LogP contribution in [0, 0.1) is 0 Å². The standard InChI is InChI=1S/C44H56O4/c1-9-25(5)29-13-33-21-35-15-30(26(6)10-2)17-37(42(35)46)23-39-19-32(28(8)12-4)20-40(44(39)48)24-38-18-31(27(7)11-3)16-36(43(38)47)22-34(14-29)41(33)45/h13-20,25-28,45-48H,9-12,21-24H2,1-8H3. The van der Waals surface area contributed by atoms with E-state index in [2.05, 4.69) is 104 Å². The molecule has 1 aliphatic rings. The maximum Gasteiger partial charge on any atom is 0.122 e. The van der Waals surface area contributed by atoms with Crippen LogP contribution < -0.4 is 0 Å². The number of hydrogen-bond donors (Lipinski definition) is 4. The van der Waals surface area contributed by atoms with Crippen molar-refractivity contribution in [3.63, 3.8) is 0 Å². The minimum atomic E-state index is 0.222. The lowest BCUT2D eigenvalue weighted by Crippen LogP contribution is -2.06. The smallest absolute Gasteiger partial charge is 0.122 e. The maximum absolute atomic E-state index is 11.9. The van der Waals surface area contributed by atoms with Crippen LogP contribution in [0.25, 0.3) is 0 Å². The van der Waals surface area contributed by atoms with Gasteiger partial charge in [-0.3, -0.25) is 0 Å². The van der Waals surface area contributed by atoms with Gasteiger partial charge in [0.15, 0.2) is 0 Å². The van der Waals surface area contributed by atoms with Crippen LogP contribution in [-0.4, -0.2) is 20.4 Å². The quantitative estimate of drug-likeness (QED) is 0.135. The summed E-state index contributed by atoms with van der Waals surface area (Å²) in [6, 6.07) is 16.8. The van der Waals surface area contributed by atoms with E-state index < -0.39 is 0 Å². The van der Waals surface area contributed by atoms with E-state index in [9.17, 15) is 20.4 Å². The van der Waals surface area contributed by atoms with Crippen LogP contribution >= 0.6 is 0 Å². The summed E-state index contributed by atoms with van der Waals surface area (Å²) in [6.45, 7) is 17.5. The number of phenols is 4.